The number of Topliss-reactive ketones (excluding diaryl/α,β-unsaturated/α-hetero) is 1. The first-order valence-corrected chi connectivity index (χ1v) is 7.75. The lowest BCUT2D eigenvalue weighted by atomic mass is 10.00. The Kier molecular flexibility index (Phi) is 7.47. The summed E-state index contributed by atoms with van der Waals surface area (Å²) in [5.74, 6) is 0.306. The topological polar surface area (TPSA) is 17.1 Å². The van der Waals surface area contributed by atoms with Crippen LogP contribution in [0.3, 0.4) is 0 Å². The number of hydrogen-bond acceptors (Lipinski definition) is 1. The summed E-state index contributed by atoms with van der Waals surface area (Å²) in [6, 6.07) is 6.14. The van der Waals surface area contributed by atoms with Gasteiger partial charge in [0.1, 0.15) is 0 Å². The van der Waals surface area contributed by atoms with Gasteiger partial charge >= 0.3 is 0 Å². The van der Waals surface area contributed by atoms with Gasteiger partial charge in [0, 0.05) is 12.0 Å². The molecule has 1 aromatic rings. The molecule has 0 aliphatic rings. The fourth-order valence-corrected chi connectivity index (χ4v) is 2.52. The number of ketones is 1. The van der Waals surface area contributed by atoms with Gasteiger partial charge < -0.3 is 0 Å². The zero-order chi connectivity index (χ0) is 14.1. The Morgan fingerprint density at radius 1 is 0.842 bits per heavy atom. The van der Waals surface area contributed by atoms with Crippen LogP contribution in [0.2, 0.25) is 0 Å². The lowest BCUT2D eigenvalue weighted by molar-refractivity contribution is 0.0979. The monoisotopic (exact) mass is 260 g/mol. The predicted molar refractivity (Wildman–Crippen MR) is 82.9 cm³/mol. The van der Waals surface area contributed by atoms with Gasteiger partial charge in [-0.15, -0.1) is 0 Å². The molecule has 0 unspecified atom stereocenters. The van der Waals surface area contributed by atoms with Crippen LogP contribution >= 0.6 is 0 Å². The zero-order valence-corrected chi connectivity index (χ0v) is 12.8. The van der Waals surface area contributed by atoms with Crippen LogP contribution in [0.5, 0.6) is 0 Å². The van der Waals surface area contributed by atoms with Gasteiger partial charge in [0.25, 0.3) is 0 Å². The van der Waals surface area contributed by atoms with Crippen molar-refractivity contribution >= 4 is 5.78 Å². The predicted octanol–water partition coefficient (Wildman–Crippen LogP) is 5.63. The lowest BCUT2D eigenvalue weighted by Gasteiger charge is -2.04. The summed E-state index contributed by atoms with van der Waals surface area (Å²) in [5, 5.41) is 0. The van der Waals surface area contributed by atoms with Crippen molar-refractivity contribution in [1.29, 1.82) is 0 Å². The van der Waals surface area contributed by atoms with Crippen LogP contribution in [0.1, 0.15) is 79.8 Å². The van der Waals surface area contributed by atoms with Crippen molar-refractivity contribution in [1.82, 2.24) is 0 Å². The average molecular weight is 260 g/mol. The molecule has 1 heteroatoms. The van der Waals surface area contributed by atoms with Crippen molar-refractivity contribution in [3.05, 3.63) is 34.9 Å². The molecule has 0 atom stereocenters. The van der Waals surface area contributed by atoms with Gasteiger partial charge in [-0.2, -0.15) is 0 Å². The van der Waals surface area contributed by atoms with Crippen molar-refractivity contribution in [2.75, 3.05) is 0 Å². The zero-order valence-electron chi connectivity index (χ0n) is 12.8. The molecule has 1 nitrogen and oxygen atoms in total. The van der Waals surface area contributed by atoms with Crippen LogP contribution in [0.15, 0.2) is 18.2 Å². The molecule has 106 valence electrons. The van der Waals surface area contributed by atoms with E-state index in [0.29, 0.717) is 12.2 Å². The smallest absolute Gasteiger partial charge is 0.162 e. The lowest BCUT2D eigenvalue weighted by Crippen LogP contribution is -2.00. The van der Waals surface area contributed by atoms with Gasteiger partial charge in [-0.3, -0.25) is 4.79 Å². The van der Waals surface area contributed by atoms with Crippen LogP contribution in [0.4, 0.5) is 0 Å². The van der Waals surface area contributed by atoms with E-state index in [-0.39, 0.29) is 0 Å². The van der Waals surface area contributed by atoms with Gasteiger partial charge in [0.15, 0.2) is 5.78 Å². The van der Waals surface area contributed by atoms with Crippen LogP contribution in [0.25, 0.3) is 0 Å². The molecular formula is C18H28O. The maximum Gasteiger partial charge on any atom is 0.162 e. The number of aryl methyl sites for hydroxylation is 2. The number of rotatable bonds is 9. The highest BCUT2D eigenvalue weighted by Gasteiger charge is 2.06. The fourth-order valence-electron chi connectivity index (χ4n) is 2.52. The highest BCUT2D eigenvalue weighted by molar-refractivity contribution is 5.96. The molecule has 0 spiro atoms. The van der Waals surface area contributed by atoms with E-state index in [4.69, 9.17) is 0 Å². The van der Waals surface area contributed by atoms with Crippen LogP contribution < -0.4 is 0 Å². The summed E-state index contributed by atoms with van der Waals surface area (Å²) in [7, 11) is 0. The van der Waals surface area contributed by atoms with E-state index in [9.17, 15) is 4.79 Å². The molecule has 0 radical (unpaired) electrons. The summed E-state index contributed by atoms with van der Waals surface area (Å²) >= 11 is 0. The van der Waals surface area contributed by atoms with E-state index in [0.717, 1.165) is 12.0 Å². The number of unbranched alkanes of at least 4 members (excludes halogenated alkanes) is 6. The second kappa shape index (κ2) is 8.90. The standard InChI is InChI=1S/C18H28O/c1-4-5-6-7-8-9-10-11-18(19)17-13-15(2)12-16(3)14-17/h12-14H,4-11H2,1-3H3. The first-order chi connectivity index (χ1) is 9.13. The Bertz CT molecular complexity index is 372. The van der Waals surface area contributed by atoms with Gasteiger partial charge in [-0.1, -0.05) is 62.6 Å². The third-order valence-electron chi connectivity index (χ3n) is 3.55. The minimum atomic E-state index is 0.306. The third kappa shape index (κ3) is 6.56. The Morgan fingerprint density at radius 3 is 1.95 bits per heavy atom. The summed E-state index contributed by atoms with van der Waals surface area (Å²) in [6.07, 6.45) is 9.54. The molecule has 0 N–H and O–H groups in total. The Morgan fingerprint density at radius 2 is 1.37 bits per heavy atom. The highest BCUT2D eigenvalue weighted by atomic mass is 16.1. The van der Waals surface area contributed by atoms with Crippen molar-refractivity contribution in [3.8, 4) is 0 Å². The first-order valence-electron chi connectivity index (χ1n) is 7.75. The number of carbonyl (C=O) groups is 1. The molecule has 0 aliphatic heterocycles. The largest absolute Gasteiger partial charge is 0.294 e. The maximum absolute atomic E-state index is 12.1. The van der Waals surface area contributed by atoms with E-state index in [1.54, 1.807) is 0 Å². The van der Waals surface area contributed by atoms with Crippen molar-refractivity contribution in [3.63, 3.8) is 0 Å². The summed E-state index contributed by atoms with van der Waals surface area (Å²) in [5.41, 5.74) is 3.26. The average Bonchev–Trinajstić information content (AvgIpc) is 2.36. The van der Waals surface area contributed by atoms with E-state index < -0.39 is 0 Å². The van der Waals surface area contributed by atoms with E-state index in [1.165, 1.54) is 49.7 Å². The minimum absolute atomic E-state index is 0.306. The number of benzene rings is 1. The number of carbonyl (C=O) groups excluding carboxylic acids is 1. The fraction of sp³-hybridized carbons (Fsp3) is 0.611. The molecule has 0 saturated heterocycles. The van der Waals surface area contributed by atoms with Crippen LogP contribution in [0, 0.1) is 13.8 Å². The van der Waals surface area contributed by atoms with Gasteiger partial charge in [0.05, 0.1) is 0 Å². The number of hydrogen-bond donors (Lipinski definition) is 0. The van der Waals surface area contributed by atoms with Crippen LogP contribution in [-0.2, 0) is 0 Å². The van der Waals surface area contributed by atoms with Gasteiger partial charge in [-0.05, 0) is 32.4 Å². The molecule has 19 heavy (non-hydrogen) atoms. The van der Waals surface area contributed by atoms with Gasteiger partial charge in [-0.25, -0.2) is 0 Å². The van der Waals surface area contributed by atoms with Crippen molar-refractivity contribution < 1.29 is 4.79 Å². The van der Waals surface area contributed by atoms with E-state index in [2.05, 4.69) is 26.8 Å². The van der Waals surface area contributed by atoms with Crippen molar-refractivity contribution in [2.45, 2.75) is 72.1 Å². The molecule has 0 saturated carbocycles. The molecule has 0 fully saturated rings. The molecule has 0 aromatic heterocycles. The normalized spacial score (nSPS) is 10.7. The van der Waals surface area contributed by atoms with E-state index in [1.807, 2.05) is 12.1 Å². The summed E-state index contributed by atoms with van der Waals surface area (Å²) in [6.45, 7) is 6.34. The minimum Gasteiger partial charge on any atom is -0.294 e. The molecular weight excluding hydrogens is 232 g/mol. The second-order valence-electron chi connectivity index (χ2n) is 5.67. The van der Waals surface area contributed by atoms with Gasteiger partial charge in [0.2, 0.25) is 0 Å². The molecule has 0 aliphatic carbocycles. The molecule has 1 aromatic carbocycles. The van der Waals surface area contributed by atoms with Crippen molar-refractivity contribution in [2.24, 2.45) is 0 Å². The Hall–Kier alpha value is -1.11. The maximum atomic E-state index is 12.1. The third-order valence-corrected chi connectivity index (χ3v) is 3.55. The highest BCUT2D eigenvalue weighted by Crippen LogP contribution is 2.14. The molecule has 0 amide bonds. The SMILES string of the molecule is CCCCCCCCCC(=O)c1cc(C)cc(C)c1. The quantitative estimate of drug-likeness (QED) is 0.415. The Balaban J connectivity index is 2.24. The molecule has 1 rings (SSSR count). The second-order valence-corrected chi connectivity index (χ2v) is 5.67. The molecule has 0 heterocycles. The summed E-state index contributed by atoms with van der Waals surface area (Å²) in [4.78, 5) is 12.1. The van der Waals surface area contributed by atoms with Crippen LogP contribution in [-0.4, -0.2) is 5.78 Å². The summed E-state index contributed by atoms with van der Waals surface area (Å²) < 4.78 is 0. The first kappa shape index (κ1) is 15.9. The Labute approximate surface area is 118 Å². The molecule has 0 bridgehead atoms. The van der Waals surface area contributed by atoms with E-state index >= 15 is 0 Å².